The zero-order chi connectivity index (χ0) is 16.2. The summed E-state index contributed by atoms with van der Waals surface area (Å²) in [5.74, 6) is 0.0828. The molecule has 6 heteroatoms. The number of carboxylic acid groups (broad SMARTS) is 1. The normalized spacial score (nSPS) is 19.7. The van der Waals surface area contributed by atoms with Crippen LogP contribution in [-0.2, 0) is 4.79 Å². The summed E-state index contributed by atoms with van der Waals surface area (Å²) in [4.78, 5) is 31.9. The Morgan fingerprint density at radius 3 is 2.39 bits per heavy atom. The maximum Gasteiger partial charge on any atom is 0.354 e. The highest BCUT2D eigenvalue weighted by atomic mass is 16.4. The van der Waals surface area contributed by atoms with Gasteiger partial charge in [-0.15, -0.1) is 0 Å². The monoisotopic (exact) mass is 317 g/mol. The molecule has 23 heavy (non-hydrogen) atoms. The van der Waals surface area contributed by atoms with Gasteiger partial charge in [0, 0.05) is 32.1 Å². The first-order valence-corrected chi connectivity index (χ1v) is 8.39. The smallest absolute Gasteiger partial charge is 0.354 e. The molecule has 1 aromatic rings. The molecule has 0 aromatic carbocycles. The van der Waals surface area contributed by atoms with Crippen molar-refractivity contribution in [1.29, 1.82) is 0 Å². The first kappa shape index (κ1) is 15.8. The number of hydrogen-bond acceptors (Lipinski definition) is 4. The molecule has 6 nitrogen and oxygen atoms in total. The van der Waals surface area contributed by atoms with Crippen LogP contribution in [0.4, 0.5) is 5.82 Å². The minimum absolute atomic E-state index is 0.0639. The number of aromatic carboxylic acids is 1. The molecule has 0 bridgehead atoms. The van der Waals surface area contributed by atoms with Gasteiger partial charge in [-0.25, -0.2) is 9.78 Å². The summed E-state index contributed by atoms with van der Waals surface area (Å²) in [6, 6.07) is 5.05. The lowest BCUT2D eigenvalue weighted by Crippen LogP contribution is -2.44. The molecule has 3 rings (SSSR count). The van der Waals surface area contributed by atoms with Crippen LogP contribution in [0.25, 0.3) is 0 Å². The largest absolute Gasteiger partial charge is 0.477 e. The van der Waals surface area contributed by atoms with Gasteiger partial charge in [-0.2, -0.15) is 0 Å². The molecule has 1 amide bonds. The first-order chi connectivity index (χ1) is 11.1. The summed E-state index contributed by atoms with van der Waals surface area (Å²) >= 11 is 0. The zero-order valence-corrected chi connectivity index (χ0v) is 13.3. The number of piperidine rings is 2. The van der Waals surface area contributed by atoms with E-state index < -0.39 is 5.97 Å². The van der Waals surface area contributed by atoms with Gasteiger partial charge in [0.2, 0.25) is 5.91 Å². The van der Waals surface area contributed by atoms with Crippen LogP contribution < -0.4 is 4.90 Å². The van der Waals surface area contributed by atoms with E-state index in [4.69, 9.17) is 5.11 Å². The zero-order valence-electron chi connectivity index (χ0n) is 13.3. The molecule has 0 unspecified atom stereocenters. The molecule has 0 spiro atoms. The summed E-state index contributed by atoms with van der Waals surface area (Å²) in [5.41, 5.74) is 0.0639. The van der Waals surface area contributed by atoms with E-state index in [1.165, 1.54) is 12.5 Å². The van der Waals surface area contributed by atoms with E-state index in [0.29, 0.717) is 11.7 Å². The molecule has 0 saturated carbocycles. The Kier molecular flexibility index (Phi) is 4.79. The number of nitrogens with zero attached hydrogens (tertiary/aromatic N) is 3. The number of hydrogen-bond donors (Lipinski definition) is 1. The Bertz CT molecular complexity index is 576. The van der Waals surface area contributed by atoms with Crippen molar-refractivity contribution in [3.05, 3.63) is 23.9 Å². The fourth-order valence-corrected chi connectivity index (χ4v) is 3.45. The molecule has 1 N–H and O–H groups in total. The summed E-state index contributed by atoms with van der Waals surface area (Å²) < 4.78 is 0. The Morgan fingerprint density at radius 1 is 1.04 bits per heavy atom. The predicted molar refractivity (Wildman–Crippen MR) is 86.6 cm³/mol. The van der Waals surface area contributed by atoms with Gasteiger partial charge in [-0.05, 0) is 44.2 Å². The van der Waals surface area contributed by atoms with Crippen molar-refractivity contribution >= 4 is 17.7 Å². The van der Waals surface area contributed by atoms with Crippen molar-refractivity contribution in [3.8, 4) is 0 Å². The number of carbonyl (C=O) groups excluding carboxylic acids is 1. The van der Waals surface area contributed by atoms with Crippen LogP contribution in [0.2, 0.25) is 0 Å². The lowest BCUT2D eigenvalue weighted by molar-refractivity contribution is -0.137. The van der Waals surface area contributed by atoms with E-state index in [2.05, 4.69) is 9.88 Å². The number of pyridine rings is 1. The number of rotatable bonds is 3. The Morgan fingerprint density at radius 2 is 1.74 bits per heavy atom. The number of carboxylic acids is 1. The molecule has 2 aliphatic rings. The highest BCUT2D eigenvalue weighted by molar-refractivity contribution is 5.85. The third-order valence-electron chi connectivity index (χ3n) is 4.79. The highest BCUT2D eigenvalue weighted by Crippen LogP contribution is 2.24. The SMILES string of the molecule is O=C(O)c1cccc(N2CCC(C(=O)N3CCCCC3)CC2)n1. The van der Waals surface area contributed by atoms with Crippen molar-refractivity contribution in [2.45, 2.75) is 32.1 Å². The minimum Gasteiger partial charge on any atom is -0.477 e. The van der Waals surface area contributed by atoms with Gasteiger partial charge >= 0.3 is 5.97 Å². The molecule has 3 heterocycles. The third-order valence-corrected chi connectivity index (χ3v) is 4.79. The van der Waals surface area contributed by atoms with Gasteiger partial charge in [0.05, 0.1) is 0 Å². The fraction of sp³-hybridized carbons (Fsp3) is 0.588. The van der Waals surface area contributed by atoms with Crippen molar-refractivity contribution in [2.24, 2.45) is 5.92 Å². The lowest BCUT2D eigenvalue weighted by Gasteiger charge is -2.36. The number of anilines is 1. The molecule has 0 atom stereocenters. The second-order valence-electron chi connectivity index (χ2n) is 6.33. The van der Waals surface area contributed by atoms with Gasteiger partial charge in [-0.3, -0.25) is 4.79 Å². The number of aromatic nitrogens is 1. The van der Waals surface area contributed by atoms with Crippen LogP contribution in [0.15, 0.2) is 18.2 Å². The molecular weight excluding hydrogens is 294 g/mol. The van der Waals surface area contributed by atoms with E-state index >= 15 is 0 Å². The molecule has 0 aliphatic carbocycles. The van der Waals surface area contributed by atoms with Crippen molar-refractivity contribution in [2.75, 3.05) is 31.1 Å². The summed E-state index contributed by atoms with van der Waals surface area (Å²) in [6.45, 7) is 3.31. The molecule has 0 radical (unpaired) electrons. The van der Waals surface area contributed by atoms with Gasteiger partial charge in [0.1, 0.15) is 5.82 Å². The Labute approximate surface area is 136 Å². The Hall–Kier alpha value is -2.11. The van der Waals surface area contributed by atoms with Crippen molar-refractivity contribution < 1.29 is 14.7 Å². The van der Waals surface area contributed by atoms with Crippen LogP contribution in [-0.4, -0.2) is 53.0 Å². The fourth-order valence-electron chi connectivity index (χ4n) is 3.45. The van der Waals surface area contributed by atoms with Gasteiger partial charge in [0.25, 0.3) is 0 Å². The maximum absolute atomic E-state index is 12.6. The molecular formula is C17H23N3O3. The minimum atomic E-state index is -1.01. The average Bonchev–Trinajstić information content (AvgIpc) is 2.62. The molecule has 124 valence electrons. The number of likely N-dealkylation sites (tertiary alicyclic amines) is 1. The lowest BCUT2D eigenvalue weighted by atomic mass is 9.94. The predicted octanol–water partition coefficient (Wildman–Crippen LogP) is 2.01. The molecule has 1 aromatic heterocycles. The summed E-state index contributed by atoms with van der Waals surface area (Å²) in [5, 5.41) is 9.04. The van der Waals surface area contributed by atoms with Crippen LogP contribution in [0.5, 0.6) is 0 Å². The van der Waals surface area contributed by atoms with E-state index in [1.54, 1.807) is 6.07 Å². The molecule has 2 aliphatic heterocycles. The van der Waals surface area contributed by atoms with E-state index in [0.717, 1.165) is 51.9 Å². The van der Waals surface area contributed by atoms with Crippen molar-refractivity contribution in [1.82, 2.24) is 9.88 Å². The number of carbonyl (C=O) groups is 2. The van der Waals surface area contributed by atoms with Gasteiger partial charge < -0.3 is 14.9 Å². The standard InChI is InChI=1S/C17H23N3O3/c21-16(20-9-2-1-3-10-20)13-7-11-19(12-8-13)15-6-4-5-14(18-15)17(22)23/h4-6,13H,1-3,7-12H2,(H,22,23). The van der Waals surface area contributed by atoms with Crippen molar-refractivity contribution in [3.63, 3.8) is 0 Å². The van der Waals surface area contributed by atoms with E-state index in [9.17, 15) is 9.59 Å². The first-order valence-electron chi connectivity index (χ1n) is 8.39. The Balaban J connectivity index is 1.58. The molecule has 2 saturated heterocycles. The second-order valence-corrected chi connectivity index (χ2v) is 6.33. The second kappa shape index (κ2) is 6.98. The highest BCUT2D eigenvalue weighted by Gasteiger charge is 2.29. The van der Waals surface area contributed by atoms with Crippen LogP contribution >= 0.6 is 0 Å². The van der Waals surface area contributed by atoms with Crippen LogP contribution in [0.3, 0.4) is 0 Å². The van der Waals surface area contributed by atoms with Crippen LogP contribution in [0, 0.1) is 5.92 Å². The average molecular weight is 317 g/mol. The molecule has 2 fully saturated rings. The van der Waals surface area contributed by atoms with Crippen LogP contribution in [0.1, 0.15) is 42.6 Å². The third kappa shape index (κ3) is 3.63. The topological polar surface area (TPSA) is 73.7 Å². The number of amides is 1. The maximum atomic E-state index is 12.6. The van der Waals surface area contributed by atoms with E-state index in [-0.39, 0.29) is 11.6 Å². The quantitative estimate of drug-likeness (QED) is 0.923. The van der Waals surface area contributed by atoms with E-state index in [1.807, 2.05) is 11.0 Å². The van der Waals surface area contributed by atoms with Gasteiger partial charge in [-0.1, -0.05) is 6.07 Å². The van der Waals surface area contributed by atoms with Gasteiger partial charge in [0.15, 0.2) is 5.69 Å². The summed E-state index contributed by atoms with van der Waals surface area (Å²) in [7, 11) is 0. The summed E-state index contributed by atoms with van der Waals surface area (Å²) in [6.07, 6.45) is 5.10.